The van der Waals surface area contributed by atoms with Crippen LogP contribution in [-0.4, -0.2) is 19.0 Å². The summed E-state index contributed by atoms with van der Waals surface area (Å²) < 4.78 is 0. The van der Waals surface area contributed by atoms with Crippen LogP contribution in [0.2, 0.25) is 0 Å². The van der Waals surface area contributed by atoms with E-state index < -0.39 is 0 Å². The van der Waals surface area contributed by atoms with Crippen molar-refractivity contribution in [1.29, 1.82) is 0 Å². The predicted molar refractivity (Wildman–Crippen MR) is 69.5 cm³/mol. The lowest BCUT2D eigenvalue weighted by Crippen LogP contribution is -2.45. The summed E-state index contributed by atoms with van der Waals surface area (Å²) in [5, 5.41) is 3.17. The van der Waals surface area contributed by atoms with Crippen molar-refractivity contribution in [2.45, 2.75) is 51.9 Å². The van der Waals surface area contributed by atoms with Crippen LogP contribution < -0.4 is 11.1 Å². The standard InChI is InChI=1S/C14H26N2O/c1-11-5-4-6-12(11)9-16-13(17)14(10-15)7-2-3-8-14/h11-12H,2-10,15H2,1H3,(H,16,17). The quantitative estimate of drug-likeness (QED) is 0.787. The van der Waals surface area contributed by atoms with E-state index in [4.69, 9.17) is 5.73 Å². The first-order chi connectivity index (χ1) is 8.18. The molecule has 0 bridgehead atoms. The largest absolute Gasteiger partial charge is 0.355 e. The Bertz CT molecular complexity index is 271. The molecule has 0 aromatic carbocycles. The van der Waals surface area contributed by atoms with Gasteiger partial charge in [-0.3, -0.25) is 4.79 Å². The monoisotopic (exact) mass is 238 g/mol. The number of amides is 1. The van der Waals surface area contributed by atoms with Gasteiger partial charge in [-0.05, 0) is 31.1 Å². The molecular formula is C14H26N2O. The number of nitrogens with two attached hydrogens (primary N) is 1. The van der Waals surface area contributed by atoms with Crippen LogP contribution in [0, 0.1) is 17.3 Å². The summed E-state index contributed by atoms with van der Waals surface area (Å²) in [5.41, 5.74) is 5.59. The predicted octanol–water partition coefficient (Wildman–Crippen LogP) is 2.06. The Morgan fingerprint density at radius 3 is 2.53 bits per heavy atom. The van der Waals surface area contributed by atoms with E-state index >= 15 is 0 Å². The van der Waals surface area contributed by atoms with Crippen molar-refractivity contribution in [3.8, 4) is 0 Å². The molecule has 0 radical (unpaired) electrons. The molecule has 0 saturated heterocycles. The molecule has 0 aromatic heterocycles. The van der Waals surface area contributed by atoms with Gasteiger partial charge in [0, 0.05) is 13.1 Å². The lowest BCUT2D eigenvalue weighted by atomic mass is 9.85. The molecule has 2 atom stereocenters. The van der Waals surface area contributed by atoms with E-state index in [9.17, 15) is 4.79 Å². The van der Waals surface area contributed by atoms with Gasteiger partial charge >= 0.3 is 0 Å². The van der Waals surface area contributed by atoms with Crippen molar-refractivity contribution in [3.63, 3.8) is 0 Å². The van der Waals surface area contributed by atoms with Gasteiger partial charge in [0.15, 0.2) is 0 Å². The molecule has 3 heteroatoms. The van der Waals surface area contributed by atoms with E-state index in [0.717, 1.165) is 38.1 Å². The van der Waals surface area contributed by atoms with Crippen molar-refractivity contribution in [3.05, 3.63) is 0 Å². The van der Waals surface area contributed by atoms with E-state index in [1.54, 1.807) is 0 Å². The first-order valence-corrected chi connectivity index (χ1v) is 7.16. The van der Waals surface area contributed by atoms with E-state index in [2.05, 4.69) is 12.2 Å². The van der Waals surface area contributed by atoms with Crippen molar-refractivity contribution >= 4 is 5.91 Å². The third kappa shape index (κ3) is 2.65. The van der Waals surface area contributed by atoms with Gasteiger partial charge in [-0.15, -0.1) is 0 Å². The summed E-state index contributed by atoms with van der Waals surface area (Å²) in [6.45, 7) is 3.68. The Kier molecular flexibility index (Phi) is 4.08. The highest BCUT2D eigenvalue weighted by Crippen LogP contribution is 2.37. The highest BCUT2D eigenvalue weighted by atomic mass is 16.2. The van der Waals surface area contributed by atoms with Gasteiger partial charge in [-0.2, -0.15) is 0 Å². The fourth-order valence-electron chi connectivity index (χ4n) is 3.51. The second-order valence-corrected chi connectivity index (χ2v) is 6.07. The van der Waals surface area contributed by atoms with Crippen molar-refractivity contribution in [2.24, 2.45) is 23.0 Å². The molecule has 0 spiro atoms. The summed E-state index contributed by atoms with van der Waals surface area (Å²) in [4.78, 5) is 12.3. The van der Waals surface area contributed by atoms with Gasteiger partial charge in [-0.25, -0.2) is 0 Å². The van der Waals surface area contributed by atoms with Crippen LogP contribution in [0.3, 0.4) is 0 Å². The molecular weight excluding hydrogens is 212 g/mol. The average molecular weight is 238 g/mol. The third-order valence-electron chi connectivity index (χ3n) is 5.00. The van der Waals surface area contributed by atoms with Crippen LogP contribution in [-0.2, 0) is 4.79 Å². The molecule has 2 rings (SSSR count). The third-order valence-corrected chi connectivity index (χ3v) is 5.00. The van der Waals surface area contributed by atoms with E-state index in [0.29, 0.717) is 12.5 Å². The minimum Gasteiger partial charge on any atom is -0.355 e. The van der Waals surface area contributed by atoms with Crippen molar-refractivity contribution < 1.29 is 4.79 Å². The maximum atomic E-state index is 12.3. The lowest BCUT2D eigenvalue weighted by Gasteiger charge is -2.27. The first kappa shape index (κ1) is 12.9. The minimum absolute atomic E-state index is 0.219. The van der Waals surface area contributed by atoms with Gasteiger partial charge < -0.3 is 11.1 Å². The minimum atomic E-state index is -0.234. The molecule has 0 aromatic rings. The first-order valence-electron chi connectivity index (χ1n) is 7.16. The van der Waals surface area contributed by atoms with Gasteiger partial charge in [0.1, 0.15) is 0 Å². The van der Waals surface area contributed by atoms with Crippen LogP contribution in [0.5, 0.6) is 0 Å². The van der Waals surface area contributed by atoms with Gasteiger partial charge in [0.25, 0.3) is 0 Å². The Morgan fingerprint density at radius 1 is 1.29 bits per heavy atom. The number of nitrogens with one attached hydrogen (secondary N) is 1. The highest BCUT2D eigenvalue weighted by molar-refractivity contribution is 5.83. The zero-order chi connectivity index (χ0) is 12.3. The topological polar surface area (TPSA) is 55.1 Å². The molecule has 2 aliphatic rings. The fraction of sp³-hybridized carbons (Fsp3) is 0.929. The number of carbonyl (C=O) groups excluding carboxylic acids is 1. The van der Waals surface area contributed by atoms with E-state index in [1.165, 1.54) is 19.3 Å². The molecule has 17 heavy (non-hydrogen) atoms. The number of hydrogen-bond acceptors (Lipinski definition) is 2. The zero-order valence-electron chi connectivity index (χ0n) is 11.0. The summed E-state index contributed by atoms with van der Waals surface area (Å²) in [5.74, 6) is 1.68. The molecule has 1 amide bonds. The smallest absolute Gasteiger partial charge is 0.227 e. The Labute approximate surface area is 105 Å². The van der Waals surface area contributed by atoms with E-state index in [-0.39, 0.29) is 11.3 Å². The second-order valence-electron chi connectivity index (χ2n) is 6.07. The molecule has 0 heterocycles. The van der Waals surface area contributed by atoms with Crippen LogP contribution in [0.4, 0.5) is 0 Å². The normalized spacial score (nSPS) is 31.6. The molecule has 2 fully saturated rings. The zero-order valence-corrected chi connectivity index (χ0v) is 11.0. The van der Waals surface area contributed by atoms with Crippen molar-refractivity contribution in [1.82, 2.24) is 5.32 Å². The lowest BCUT2D eigenvalue weighted by molar-refractivity contribution is -0.130. The molecule has 3 N–H and O–H groups in total. The SMILES string of the molecule is CC1CCCC1CNC(=O)C1(CN)CCCC1. The van der Waals surface area contributed by atoms with Crippen LogP contribution in [0.15, 0.2) is 0 Å². The Balaban J connectivity index is 1.84. The summed E-state index contributed by atoms with van der Waals surface area (Å²) in [7, 11) is 0. The van der Waals surface area contributed by atoms with Gasteiger partial charge in [0.2, 0.25) is 5.91 Å². The summed E-state index contributed by atoms with van der Waals surface area (Å²) in [6.07, 6.45) is 8.20. The summed E-state index contributed by atoms with van der Waals surface area (Å²) >= 11 is 0. The Morgan fingerprint density at radius 2 is 2.00 bits per heavy atom. The number of rotatable bonds is 4. The van der Waals surface area contributed by atoms with Crippen molar-refractivity contribution in [2.75, 3.05) is 13.1 Å². The molecule has 2 unspecified atom stereocenters. The number of hydrogen-bond donors (Lipinski definition) is 2. The molecule has 2 aliphatic carbocycles. The fourth-order valence-corrected chi connectivity index (χ4v) is 3.51. The average Bonchev–Trinajstić information content (AvgIpc) is 2.95. The van der Waals surface area contributed by atoms with E-state index in [1.807, 2.05) is 0 Å². The Hall–Kier alpha value is -0.570. The highest BCUT2D eigenvalue weighted by Gasteiger charge is 2.40. The van der Waals surface area contributed by atoms with Crippen LogP contribution >= 0.6 is 0 Å². The maximum Gasteiger partial charge on any atom is 0.227 e. The van der Waals surface area contributed by atoms with Crippen LogP contribution in [0.1, 0.15) is 51.9 Å². The molecule has 98 valence electrons. The second kappa shape index (κ2) is 5.38. The molecule has 3 nitrogen and oxygen atoms in total. The van der Waals surface area contributed by atoms with Gasteiger partial charge in [0.05, 0.1) is 5.41 Å². The summed E-state index contributed by atoms with van der Waals surface area (Å²) in [6, 6.07) is 0. The van der Waals surface area contributed by atoms with Gasteiger partial charge in [-0.1, -0.05) is 32.6 Å². The molecule has 2 saturated carbocycles. The van der Waals surface area contributed by atoms with Crippen LogP contribution in [0.25, 0.3) is 0 Å². The maximum absolute atomic E-state index is 12.3. The number of carbonyl (C=O) groups is 1. The molecule has 0 aliphatic heterocycles.